The molecular weight excluding hydrogens is 350 g/mol. The number of hydrogen-bond donors (Lipinski definition) is 2. The van der Waals surface area contributed by atoms with Crippen LogP contribution in [0.3, 0.4) is 0 Å². The first-order valence-electron chi connectivity index (χ1n) is 7.63. The predicted molar refractivity (Wildman–Crippen MR) is 90.9 cm³/mol. The predicted octanol–water partition coefficient (Wildman–Crippen LogP) is 0.292. The lowest BCUT2D eigenvalue weighted by molar-refractivity contribution is -0.138. The Morgan fingerprint density at radius 2 is 1.96 bits per heavy atom. The molecule has 0 aliphatic rings. The molecule has 11 heteroatoms. The highest BCUT2D eigenvalue weighted by Gasteiger charge is 2.24. The van der Waals surface area contributed by atoms with Crippen molar-refractivity contribution in [1.29, 1.82) is 0 Å². The van der Waals surface area contributed by atoms with Crippen LogP contribution in [0.1, 0.15) is 6.92 Å². The van der Waals surface area contributed by atoms with Gasteiger partial charge in [0.15, 0.2) is 11.0 Å². The molecule has 1 aromatic heterocycles. The highest BCUT2D eigenvalue weighted by atomic mass is 32.2. The smallest absolute Gasteiger partial charge is 0.317 e. The third-order valence-corrected chi connectivity index (χ3v) is 5.53. The van der Waals surface area contributed by atoms with Crippen molar-refractivity contribution in [3.05, 3.63) is 12.1 Å². The van der Waals surface area contributed by atoms with E-state index in [1.807, 2.05) is 6.92 Å². The molecule has 0 fully saturated rings. The van der Waals surface area contributed by atoms with Crippen molar-refractivity contribution in [2.75, 3.05) is 45.6 Å². The lowest BCUT2D eigenvalue weighted by Crippen LogP contribution is -2.33. The number of sulfonamides is 1. The minimum Gasteiger partial charge on any atom is -0.480 e. The molecule has 0 amide bonds. The molecule has 0 saturated carbocycles. The number of likely N-dealkylation sites (N-methyl/N-ethyl adjacent to an activating group) is 1. The van der Waals surface area contributed by atoms with E-state index in [4.69, 9.17) is 9.74 Å². The van der Waals surface area contributed by atoms with Crippen LogP contribution in [0.2, 0.25) is 0 Å². The maximum Gasteiger partial charge on any atom is 0.317 e. The summed E-state index contributed by atoms with van der Waals surface area (Å²) in [6.07, 6.45) is 0. The quantitative estimate of drug-likeness (QED) is 0.639. The van der Waals surface area contributed by atoms with E-state index in [-0.39, 0.29) is 17.0 Å². The molecule has 10 nitrogen and oxygen atoms in total. The molecule has 0 aliphatic carbocycles. The number of aliphatic carboxylic acids is 1. The molecule has 0 saturated heterocycles. The second-order valence-electron chi connectivity index (χ2n) is 5.55. The van der Waals surface area contributed by atoms with Gasteiger partial charge in [-0.1, -0.05) is 6.92 Å². The standard InChI is InChI=1S/C14H21N5O5S/c1-4-19(9-12(20)21)8-7-15-10-5-6-11(25(22,23)18(2)3)14-13(10)16-24-17-14/h5-6,15H,4,7-9H2,1-3H3,(H,20,21). The number of hydrogen-bond acceptors (Lipinski definition) is 8. The normalized spacial score (nSPS) is 12.2. The summed E-state index contributed by atoms with van der Waals surface area (Å²) >= 11 is 0. The zero-order valence-electron chi connectivity index (χ0n) is 14.3. The van der Waals surface area contributed by atoms with Gasteiger partial charge < -0.3 is 10.4 Å². The van der Waals surface area contributed by atoms with Crippen LogP contribution in [-0.2, 0) is 14.8 Å². The summed E-state index contributed by atoms with van der Waals surface area (Å²) in [4.78, 5) is 12.6. The molecule has 0 unspecified atom stereocenters. The molecule has 2 aromatic rings. The van der Waals surface area contributed by atoms with Crippen LogP contribution in [0.4, 0.5) is 5.69 Å². The lowest BCUT2D eigenvalue weighted by Gasteiger charge is -2.18. The summed E-state index contributed by atoms with van der Waals surface area (Å²) in [7, 11) is -0.806. The summed E-state index contributed by atoms with van der Waals surface area (Å²) in [5.41, 5.74) is 1.03. The topological polar surface area (TPSA) is 129 Å². The Labute approximate surface area is 145 Å². The maximum absolute atomic E-state index is 12.3. The van der Waals surface area contributed by atoms with E-state index in [9.17, 15) is 13.2 Å². The van der Waals surface area contributed by atoms with Crippen molar-refractivity contribution < 1.29 is 22.9 Å². The summed E-state index contributed by atoms with van der Waals surface area (Å²) in [5, 5.41) is 19.4. The van der Waals surface area contributed by atoms with E-state index < -0.39 is 16.0 Å². The average Bonchev–Trinajstić information content (AvgIpc) is 3.02. The average molecular weight is 371 g/mol. The van der Waals surface area contributed by atoms with Gasteiger partial charge in [-0.15, -0.1) is 0 Å². The lowest BCUT2D eigenvalue weighted by atomic mass is 10.2. The zero-order chi connectivity index (χ0) is 18.6. The molecular formula is C14H21N5O5S. The van der Waals surface area contributed by atoms with Gasteiger partial charge in [0.2, 0.25) is 10.0 Å². The Bertz CT molecular complexity index is 848. The molecule has 0 spiro atoms. The molecule has 2 rings (SSSR count). The van der Waals surface area contributed by atoms with Crippen LogP contribution in [0, 0.1) is 0 Å². The van der Waals surface area contributed by atoms with Crippen LogP contribution in [0.15, 0.2) is 21.7 Å². The van der Waals surface area contributed by atoms with Gasteiger partial charge in [-0.25, -0.2) is 17.4 Å². The fourth-order valence-electron chi connectivity index (χ4n) is 2.28. The zero-order valence-corrected chi connectivity index (χ0v) is 15.1. The van der Waals surface area contributed by atoms with Crippen molar-refractivity contribution in [1.82, 2.24) is 19.5 Å². The van der Waals surface area contributed by atoms with Gasteiger partial charge in [-0.2, -0.15) is 0 Å². The first-order valence-corrected chi connectivity index (χ1v) is 9.07. The Kier molecular flexibility index (Phi) is 5.93. The SMILES string of the molecule is CCN(CCNc1ccc(S(=O)(=O)N(C)C)c2nonc12)CC(=O)O. The Morgan fingerprint density at radius 3 is 2.56 bits per heavy atom. The third kappa shape index (κ3) is 4.24. The molecule has 138 valence electrons. The number of rotatable bonds is 9. The summed E-state index contributed by atoms with van der Waals surface area (Å²) < 4.78 is 30.5. The van der Waals surface area contributed by atoms with Gasteiger partial charge in [-0.05, 0) is 29.0 Å². The van der Waals surface area contributed by atoms with Gasteiger partial charge in [0.1, 0.15) is 4.90 Å². The van der Waals surface area contributed by atoms with Gasteiger partial charge in [0.05, 0.1) is 12.2 Å². The van der Waals surface area contributed by atoms with Crippen LogP contribution >= 0.6 is 0 Å². The van der Waals surface area contributed by atoms with E-state index >= 15 is 0 Å². The molecule has 25 heavy (non-hydrogen) atoms. The minimum absolute atomic E-state index is 0.0142. The van der Waals surface area contributed by atoms with E-state index in [0.29, 0.717) is 30.8 Å². The van der Waals surface area contributed by atoms with Crippen molar-refractivity contribution in [2.24, 2.45) is 0 Å². The molecule has 1 aromatic carbocycles. The summed E-state index contributed by atoms with van der Waals surface area (Å²) in [5.74, 6) is -0.886. The number of nitrogens with one attached hydrogen (secondary N) is 1. The summed E-state index contributed by atoms with van der Waals surface area (Å²) in [6, 6.07) is 3.04. The van der Waals surface area contributed by atoms with Crippen LogP contribution < -0.4 is 5.32 Å². The minimum atomic E-state index is -3.67. The van der Waals surface area contributed by atoms with E-state index in [1.54, 1.807) is 11.0 Å². The number of aromatic nitrogens is 2. The molecule has 0 radical (unpaired) electrons. The Morgan fingerprint density at radius 1 is 1.28 bits per heavy atom. The van der Waals surface area contributed by atoms with E-state index in [1.165, 1.54) is 20.2 Å². The van der Waals surface area contributed by atoms with Crippen molar-refractivity contribution in [2.45, 2.75) is 11.8 Å². The summed E-state index contributed by atoms with van der Waals surface area (Å²) in [6.45, 7) is 3.41. The van der Waals surface area contributed by atoms with E-state index in [0.717, 1.165) is 4.31 Å². The van der Waals surface area contributed by atoms with Crippen LogP contribution in [-0.4, -0.2) is 79.3 Å². The molecule has 0 bridgehead atoms. The second-order valence-corrected chi connectivity index (χ2v) is 7.67. The van der Waals surface area contributed by atoms with E-state index in [2.05, 4.69) is 15.6 Å². The first kappa shape index (κ1) is 19.1. The first-order chi connectivity index (χ1) is 11.8. The molecule has 0 atom stereocenters. The number of carbonyl (C=O) groups is 1. The number of fused-ring (bicyclic) bond motifs is 1. The van der Waals surface area contributed by atoms with Gasteiger partial charge >= 0.3 is 5.97 Å². The molecule has 1 heterocycles. The van der Waals surface area contributed by atoms with Crippen LogP contribution in [0.25, 0.3) is 11.0 Å². The Hall–Kier alpha value is -2.24. The fourth-order valence-corrected chi connectivity index (χ4v) is 3.29. The second kappa shape index (κ2) is 7.76. The van der Waals surface area contributed by atoms with Gasteiger partial charge in [0.25, 0.3) is 0 Å². The number of carboxylic acids is 1. The molecule has 0 aliphatic heterocycles. The monoisotopic (exact) mass is 371 g/mol. The fraction of sp³-hybridized carbons (Fsp3) is 0.500. The van der Waals surface area contributed by atoms with Crippen molar-refractivity contribution in [3.63, 3.8) is 0 Å². The molecule has 2 N–H and O–H groups in total. The largest absolute Gasteiger partial charge is 0.480 e. The van der Waals surface area contributed by atoms with Crippen molar-refractivity contribution in [3.8, 4) is 0 Å². The van der Waals surface area contributed by atoms with Gasteiger partial charge in [-0.3, -0.25) is 9.69 Å². The highest BCUT2D eigenvalue weighted by molar-refractivity contribution is 7.89. The maximum atomic E-state index is 12.3. The third-order valence-electron chi connectivity index (χ3n) is 3.69. The van der Waals surface area contributed by atoms with Gasteiger partial charge in [0, 0.05) is 27.2 Å². The van der Waals surface area contributed by atoms with Crippen molar-refractivity contribution >= 4 is 32.7 Å². The number of carboxylic acid groups (broad SMARTS) is 1. The highest BCUT2D eigenvalue weighted by Crippen LogP contribution is 2.27. The number of anilines is 1. The number of benzene rings is 1. The number of nitrogens with zero attached hydrogens (tertiary/aromatic N) is 4. The Balaban J connectivity index is 2.19. The van der Waals surface area contributed by atoms with Crippen LogP contribution in [0.5, 0.6) is 0 Å².